The molecule has 0 spiro atoms. The third-order valence-corrected chi connectivity index (χ3v) is 3.10. The van der Waals surface area contributed by atoms with Crippen LogP contribution in [0, 0.1) is 13.8 Å². The Bertz CT molecular complexity index is 590. The van der Waals surface area contributed by atoms with Crippen molar-refractivity contribution in [2.45, 2.75) is 13.8 Å². The van der Waals surface area contributed by atoms with Gasteiger partial charge in [0, 0.05) is 7.05 Å². The average Bonchev–Trinajstić information content (AvgIpc) is 2.73. The smallest absolute Gasteiger partial charge is 0.252 e. The van der Waals surface area contributed by atoms with Gasteiger partial charge in [0.15, 0.2) is 0 Å². The highest BCUT2D eigenvalue weighted by Crippen LogP contribution is 2.25. The minimum atomic E-state index is -0.508. The Kier molecular flexibility index (Phi) is 3.66. The molecule has 100 valence electrons. The third-order valence-electron chi connectivity index (χ3n) is 3.10. The lowest BCUT2D eigenvalue weighted by atomic mass is 10.2. The van der Waals surface area contributed by atoms with E-state index in [1.165, 1.54) is 4.90 Å². The van der Waals surface area contributed by atoms with Crippen molar-refractivity contribution in [3.05, 3.63) is 41.7 Å². The lowest BCUT2D eigenvalue weighted by Crippen LogP contribution is -2.29. The summed E-state index contributed by atoms with van der Waals surface area (Å²) in [7, 11) is 1.64. The summed E-state index contributed by atoms with van der Waals surface area (Å²) in [4.78, 5) is 13.0. The summed E-state index contributed by atoms with van der Waals surface area (Å²) < 4.78 is 1.80. The number of benzene rings is 1. The van der Waals surface area contributed by atoms with E-state index in [1.807, 2.05) is 44.2 Å². The Morgan fingerprint density at radius 2 is 1.95 bits per heavy atom. The molecule has 2 rings (SSSR count). The molecule has 19 heavy (non-hydrogen) atoms. The monoisotopic (exact) mass is 259 g/mol. The van der Waals surface area contributed by atoms with E-state index in [2.05, 4.69) is 5.10 Å². The number of aromatic nitrogens is 2. The van der Waals surface area contributed by atoms with Gasteiger partial charge < -0.3 is 10.0 Å². The highest BCUT2D eigenvalue weighted by molar-refractivity contribution is 5.94. The standard InChI is InChI=1S/C14H17N3O2/c1-10-14(16(3)13(19)9-18)11(2)17(15-10)12-7-5-4-6-8-12/h4-8,18H,9H2,1-3H3. The van der Waals surface area contributed by atoms with E-state index in [1.54, 1.807) is 11.7 Å². The van der Waals surface area contributed by atoms with E-state index in [0.29, 0.717) is 0 Å². The lowest BCUT2D eigenvalue weighted by Gasteiger charge is -2.16. The molecule has 0 aliphatic rings. The number of para-hydroxylation sites is 1. The van der Waals surface area contributed by atoms with E-state index >= 15 is 0 Å². The number of aliphatic hydroxyl groups excluding tert-OH is 1. The first-order valence-electron chi connectivity index (χ1n) is 6.05. The molecule has 2 aromatic rings. The van der Waals surface area contributed by atoms with E-state index in [-0.39, 0.29) is 5.91 Å². The number of hydrogen-bond acceptors (Lipinski definition) is 3. The van der Waals surface area contributed by atoms with Crippen LogP contribution < -0.4 is 4.90 Å². The number of aliphatic hydroxyl groups is 1. The molecule has 1 amide bonds. The van der Waals surface area contributed by atoms with Gasteiger partial charge in [0.1, 0.15) is 6.61 Å². The Morgan fingerprint density at radius 3 is 2.53 bits per heavy atom. The normalized spacial score (nSPS) is 10.5. The maximum atomic E-state index is 11.6. The van der Waals surface area contributed by atoms with Crippen molar-refractivity contribution in [2.75, 3.05) is 18.6 Å². The van der Waals surface area contributed by atoms with Crippen molar-refractivity contribution in [1.29, 1.82) is 0 Å². The Morgan fingerprint density at radius 1 is 1.32 bits per heavy atom. The van der Waals surface area contributed by atoms with Crippen molar-refractivity contribution in [2.24, 2.45) is 0 Å². The summed E-state index contributed by atoms with van der Waals surface area (Å²) >= 11 is 0. The maximum absolute atomic E-state index is 11.6. The van der Waals surface area contributed by atoms with Gasteiger partial charge in [0.25, 0.3) is 5.91 Å². The highest BCUT2D eigenvalue weighted by Gasteiger charge is 2.19. The van der Waals surface area contributed by atoms with Crippen LogP contribution in [0.15, 0.2) is 30.3 Å². The molecule has 0 saturated heterocycles. The molecule has 5 nitrogen and oxygen atoms in total. The second kappa shape index (κ2) is 5.24. The number of hydrogen-bond donors (Lipinski definition) is 1. The number of nitrogens with zero attached hydrogens (tertiary/aromatic N) is 3. The van der Waals surface area contributed by atoms with Crippen LogP contribution in [-0.4, -0.2) is 34.4 Å². The van der Waals surface area contributed by atoms with Crippen LogP contribution in [0.5, 0.6) is 0 Å². The number of anilines is 1. The predicted octanol–water partition coefficient (Wildman–Crippen LogP) is 1.44. The van der Waals surface area contributed by atoms with Crippen LogP contribution in [0.3, 0.4) is 0 Å². The number of aryl methyl sites for hydroxylation is 1. The number of rotatable bonds is 3. The van der Waals surface area contributed by atoms with Crippen LogP contribution in [-0.2, 0) is 4.79 Å². The molecular formula is C14H17N3O2. The van der Waals surface area contributed by atoms with Crippen molar-refractivity contribution in [3.8, 4) is 5.69 Å². The van der Waals surface area contributed by atoms with Gasteiger partial charge >= 0.3 is 0 Å². The molecule has 5 heteroatoms. The Balaban J connectivity index is 2.49. The minimum absolute atomic E-state index is 0.348. The fourth-order valence-corrected chi connectivity index (χ4v) is 2.17. The molecule has 1 aromatic carbocycles. The van der Waals surface area contributed by atoms with Crippen LogP contribution in [0.25, 0.3) is 5.69 Å². The first-order valence-corrected chi connectivity index (χ1v) is 6.05. The van der Waals surface area contributed by atoms with Crippen molar-refractivity contribution < 1.29 is 9.90 Å². The van der Waals surface area contributed by atoms with Gasteiger partial charge in [-0.2, -0.15) is 5.10 Å². The van der Waals surface area contributed by atoms with E-state index in [0.717, 1.165) is 22.8 Å². The molecule has 0 saturated carbocycles. The summed E-state index contributed by atoms with van der Waals surface area (Å²) in [6, 6.07) is 9.73. The van der Waals surface area contributed by atoms with Crippen molar-refractivity contribution in [1.82, 2.24) is 9.78 Å². The summed E-state index contributed by atoms with van der Waals surface area (Å²) in [6.45, 7) is 3.25. The molecule has 0 atom stereocenters. The quantitative estimate of drug-likeness (QED) is 0.907. The SMILES string of the molecule is Cc1nn(-c2ccccc2)c(C)c1N(C)C(=O)CO. The first-order chi connectivity index (χ1) is 9.06. The maximum Gasteiger partial charge on any atom is 0.252 e. The fourth-order valence-electron chi connectivity index (χ4n) is 2.17. The van der Waals surface area contributed by atoms with Crippen molar-refractivity contribution >= 4 is 11.6 Å². The molecule has 0 bridgehead atoms. The van der Waals surface area contributed by atoms with Crippen LogP contribution in [0.1, 0.15) is 11.4 Å². The zero-order chi connectivity index (χ0) is 14.0. The lowest BCUT2D eigenvalue weighted by molar-refractivity contribution is -0.120. The van der Waals surface area contributed by atoms with Crippen LogP contribution >= 0.6 is 0 Å². The zero-order valence-electron chi connectivity index (χ0n) is 11.3. The molecule has 0 unspecified atom stereocenters. The number of carbonyl (C=O) groups excluding carboxylic acids is 1. The Labute approximate surface area is 112 Å². The summed E-state index contributed by atoms with van der Waals surface area (Å²) in [5.41, 5.74) is 3.31. The van der Waals surface area contributed by atoms with Gasteiger partial charge in [-0.05, 0) is 26.0 Å². The van der Waals surface area contributed by atoms with Gasteiger partial charge in [0.05, 0.1) is 22.8 Å². The first kappa shape index (κ1) is 13.3. The highest BCUT2D eigenvalue weighted by atomic mass is 16.3. The second-order valence-electron chi connectivity index (χ2n) is 4.38. The second-order valence-corrected chi connectivity index (χ2v) is 4.38. The average molecular weight is 259 g/mol. The Hall–Kier alpha value is -2.14. The molecule has 1 N–H and O–H groups in total. The van der Waals surface area contributed by atoms with Crippen molar-refractivity contribution in [3.63, 3.8) is 0 Å². The zero-order valence-corrected chi connectivity index (χ0v) is 11.3. The number of carbonyl (C=O) groups is 1. The van der Waals surface area contributed by atoms with Gasteiger partial charge in [-0.15, -0.1) is 0 Å². The molecule has 0 aliphatic heterocycles. The topological polar surface area (TPSA) is 58.4 Å². The molecule has 0 fully saturated rings. The van der Waals surface area contributed by atoms with Gasteiger partial charge in [-0.3, -0.25) is 4.79 Å². The van der Waals surface area contributed by atoms with Gasteiger partial charge in [0.2, 0.25) is 0 Å². The number of likely N-dealkylation sites (N-methyl/N-ethyl adjacent to an activating group) is 1. The summed E-state index contributed by atoms with van der Waals surface area (Å²) in [5, 5.41) is 13.4. The predicted molar refractivity (Wildman–Crippen MR) is 73.5 cm³/mol. The summed E-state index contributed by atoms with van der Waals surface area (Å²) in [6.07, 6.45) is 0. The molecule has 1 aromatic heterocycles. The molecule has 0 aliphatic carbocycles. The third kappa shape index (κ3) is 2.37. The molecule has 0 radical (unpaired) electrons. The van der Waals surface area contributed by atoms with Crippen LogP contribution in [0.2, 0.25) is 0 Å². The summed E-state index contributed by atoms with van der Waals surface area (Å²) in [5.74, 6) is -0.348. The largest absolute Gasteiger partial charge is 0.387 e. The minimum Gasteiger partial charge on any atom is -0.387 e. The van der Waals surface area contributed by atoms with E-state index < -0.39 is 6.61 Å². The van der Waals surface area contributed by atoms with E-state index in [4.69, 9.17) is 5.11 Å². The van der Waals surface area contributed by atoms with E-state index in [9.17, 15) is 4.79 Å². The van der Waals surface area contributed by atoms with Crippen LogP contribution in [0.4, 0.5) is 5.69 Å². The fraction of sp³-hybridized carbons (Fsp3) is 0.286. The van der Waals surface area contributed by atoms with Gasteiger partial charge in [-0.1, -0.05) is 18.2 Å². The number of amides is 1. The van der Waals surface area contributed by atoms with Gasteiger partial charge in [-0.25, -0.2) is 4.68 Å². The molecular weight excluding hydrogens is 242 g/mol. The molecule has 1 heterocycles.